The Balaban J connectivity index is 2.64. The average Bonchev–Trinajstić information content (AvgIpc) is 2.19. The quantitative estimate of drug-likeness (QED) is 0.862. The number of hydrogen-bond donors (Lipinski definition) is 1. The summed E-state index contributed by atoms with van der Waals surface area (Å²) in [6.45, 7) is 1.59. The van der Waals surface area contributed by atoms with Gasteiger partial charge in [-0.2, -0.15) is 18.4 Å². The molecular weight excluding hydrogens is 217 g/mol. The minimum absolute atomic E-state index is 0.181. The van der Waals surface area contributed by atoms with Crippen molar-refractivity contribution in [2.45, 2.75) is 19.5 Å². The van der Waals surface area contributed by atoms with Crippen LogP contribution in [0.3, 0.4) is 0 Å². The minimum atomic E-state index is -4.16. The Morgan fingerprint density at radius 1 is 1.38 bits per heavy atom. The highest BCUT2D eigenvalue weighted by molar-refractivity contribution is 5.55. The number of benzene rings is 1. The van der Waals surface area contributed by atoms with Crippen molar-refractivity contribution in [1.29, 1.82) is 5.26 Å². The smallest absolute Gasteiger partial charge is 0.384 e. The number of hydrogen-bond acceptors (Lipinski definition) is 2. The zero-order chi connectivity index (χ0) is 12.2. The summed E-state index contributed by atoms with van der Waals surface area (Å²) in [6.07, 6.45) is -5.04. The van der Waals surface area contributed by atoms with Gasteiger partial charge in [-0.1, -0.05) is 6.07 Å². The number of halogens is 3. The SMILES string of the molecule is Cc1ccc(C#N)cc1NCCC(F)(F)F. The number of aryl methyl sites for hydroxylation is 1. The van der Waals surface area contributed by atoms with Crippen molar-refractivity contribution in [2.75, 3.05) is 11.9 Å². The average molecular weight is 228 g/mol. The first kappa shape index (κ1) is 12.4. The van der Waals surface area contributed by atoms with Crippen LogP contribution in [0.25, 0.3) is 0 Å². The molecule has 86 valence electrons. The highest BCUT2D eigenvalue weighted by Gasteiger charge is 2.26. The van der Waals surface area contributed by atoms with Crippen LogP contribution in [-0.2, 0) is 0 Å². The molecule has 0 aliphatic heterocycles. The fourth-order valence-corrected chi connectivity index (χ4v) is 1.22. The summed E-state index contributed by atoms with van der Waals surface area (Å²) in [4.78, 5) is 0. The first-order chi connectivity index (χ1) is 7.42. The van der Waals surface area contributed by atoms with Gasteiger partial charge in [0.15, 0.2) is 0 Å². The Hall–Kier alpha value is -1.70. The normalized spacial score (nSPS) is 10.9. The van der Waals surface area contributed by atoms with E-state index in [1.54, 1.807) is 25.1 Å². The van der Waals surface area contributed by atoms with E-state index in [0.717, 1.165) is 5.56 Å². The number of anilines is 1. The van der Waals surface area contributed by atoms with Crippen molar-refractivity contribution >= 4 is 5.69 Å². The number of rotatable bonds is 3. The molecule has 0 bridgehead atoms. The van der Waals surface area contributed by atoms with Crippen molar-refractivity contribution < 1.29 is 13.2 Å². The zero-order valence-electron chi connectivity index (χ0n) is 8.73. The summed E-state index contributed by atoms with van der Waals surface area (Å²) < 4.78 is 35.7. The maximum Gasteiger partial charge on any atom is 0.390 e. The molecule has 0 saturated heterocycles. The molecule has 0 aliphatic carbocycles. The fourth-order valence-electron chi connectivity index (χ4n) is 1.22. The Morgan fingerprint density at radius 3 is 2.62 bits per heavy atom. The summed E-state index contributed by atoms with van der Waals surface area (Å²) in [7, 11) is 0. The van der Waals surface area contributed by atoms with Crippen LogP contribution >= 0.6 is 0 Å². The largest absolute Gasteiger partial charge is 0.390 e. The van der Waals surface area contributed by atoms with Crippen LogP contribution < -0.4 is 5.32 Å². The van der Waals surface area contributed by atoms with Crippen molar-refractivity contribution in [3.8, 4) is 6.07 Å². The van der Waals surface area contributed by atoms with E-state index in [-0.39, 0.29) is 6.54 Å². The van der Waals surface area contributed by atoms with Gasteiger partial charge in [0.25, 0.3) is 0 Å². The van der Waals surface area contributed by atoms with Crippen LogP contribution in [0.1, 0.15) is 17.5 Å². The lowest BCUT2D eigenvalue weighted by atomic mass is 10.1. The van der Waals surface area contributed by atoms with Gasteiger partial charge < -0.3 is 5.32 Å². The van der Waals surface area contributed by atoms with Crippen molar-refractivity contribution in [2.24, 2.45) is 0 Å². The van der Waals surface area contributed by atoms with E-state index in [2.05, 4.69) is 5.32 Å². The standard InChI is InChI=1S/C11H11F3N2/c1-8-2-3-9(7-15)6-10(8)16-5-4-11(12,13)14/h2-3,6,16H,4-5H2,1H3. The second-order valence-electron chi connectivity index (χ2n) is 3.43. The lowest BCUT2D eigenvalue weighted by molar-refractivity contribution is -0.131. The van der Waals surface area contributed by atoms with Crippen molar-refractivity contribution in [1.82, 2.24) is 0 Å². The Kier molecular flexibility index (Phi) is 3.78. The van der Waals surface area contributed by atoms with E-state index in [1.807, 2.05) is 6.07 Å². The summed E-state index contributed by atoms with van der Waals surface area (Å²) in [6, 6.07) is 6.82. The van der Waals surface area contributed by atoms with E-state index in [1.165, 1.54) is 0 Å². The summed E-state index contributed by atoms with van der Waals surface area (Å²) in [5.41, 5.74) is 1.82. The molecule has 1 aromatic rings. The van der Waals surface area contributed by atoms with Gasteiger partial charge in [0.05, 0.1) is 18.1 Å². The Bertz CT molecular complexity index is 405. The Morgan fingerprint density at radius 2 is 2.06 bits per heavy atom. The summed E-state index contributed by atoms with van der Waals surface area (Å²) in [5.74, 6) is 0. The topological polar surface area (TPSA) is 35.8 Å². The van der Waals surface area contributed by atoms with Gasteiger partial charge in [0, 0.05) is 12.2 Å². The zero-order valence-corrected chi connectivity index (χ0v) is 8.73. The molecule has 0 radical (unpaired) electrons. The van der Waals surface area contributed by atoms with Gasteiger partial charge in [0.1, 0.15) is 0 Å². The van der Waals surface area contributed by atoms with Crippen molar-refractivity contribution in [3.05, 3.63) is 29.3 Å². The van der Waals surface area contributed by atoms with Crippen molar-refractivity contribution in [3.63, 3.8) is 0 Å². The van der Waals surface area contributed by atoms with E-state index in [9.17, 15) is 13.2 Å². The van der Waals surface area contributed by atoms with E-state index in [4.69, 9.17) is 5.26 Å². The molecule has 0 unspecified atom stereocenters. The van der Waals surface area contributed by atoms with Gasteiger partial charge in [0.2, 0.25) is 0 Å². The monoisotopic (exact) mass is 228 g/mol. The fraction of sp³-hybridized carbons (Fsp3) is 0.364. The molecule has 0 heterocycles. The molecular formula is C11H11F3N2. The van der Waals surface area contributed by atoms with Gasteiger partial charge in [-0.15, -0.1) is 0 Å². The molecule has 0 saturated carbocycles. The molecule has 0 aliphatic rings. The molecule has 2 nitrogen and oxygen atoms in total. The van der Waals surface area contributed by atoms with Gasteiger partial charge in [-0.05, 0) is 24.6 Å². The van der Waals surface area contributed by atoms with Gasteiger partial charge >= 0.3 is 6.18 Å². The van der Waals surface area contributed by atoms with E-state index < -0.39 is 12.6 Å². The van der Waals surface area contributed by atoms with Crippen LogP contribution in [-0.4, -0.2) is 12.7 Å². The molecule has 1 rings (SSSR count). The van der Waals surface area contributed by atoms with Gasteiger partial charge in [-0.25, -0.2) is 0 Å². The van der Waals surface area contributed by atoms with Crippen LogP contribution in [0, 0.1) is 18.3 Å². The van der Waals surface area contributed by atoms with Crippen LogP contribution in [0.15, 0.2) is 18.2 Å². The lowest BCUT2D eigenvalue weighted by Gasteiger charge is -2.11. The molecule has 1 aromatic carbocycles. The third kappa shape index (κ3) is 3.81. The maximum atomic E-state index is 11.9. The maximum absolute atomic E-state index is 11.9. The lowest BCUT2D eigenvalue weighted by Crippen LogP contribution is -2.15. The summed E-state index contributed by atoms with van der Waals surface area (Å²) >= 11 is 0. The molecule has 16 heavy (non-hydrogen) atoms. The minimum Gasteiger partial charge on any atom is -0.384 e. The third-order valence-electron chi connectivity index (χ3n) is 2.09. The molecule has 0 spiro atoms. The highest BCUT2D eigenvalue weighted by atomic mass is 19.4. The van der Waals surface area contributed by atoms with Crippen LogP contribution in [0.4, 0.5) is 18.9 Å². The number of nitrogens with one attached hydrogen (secondary N) is 1. The highest BCUT2D eigenvalue weighted by Crippen LogP contribution is 2.21. The summed E-state index contributed by atoms with van der Waals surface area (Å²) in [5, 5.41) is 11.3. The molecule has 5 heteroatoms. The third-order valence-corrected chi connectivity index (χ3v) is 2.09. The van der Waals surface area contributed by atoms with Crippen LogP contribution in [0.5, 0.6) is 0 Å². The second kappa shape index (κ2) is 4.88. The molecule has 0 amide bonds. The molecule has 0 atom stereocenters. The predicted molar refractivity (Wildman–Crippen MR) is 55.1 cm³/mol. The number of nitrogens with zero attached hydrogens (tertiary/aromatic N) is 1. The molecule has 0 aromatic heterocycles. The Labute approximate surface area is 91.7 Å². The van der Waals surface area contributed by atoms with Crippen LogP contribution in [0.2, 0.25) is 0 Å². The predicted octanol–water partition coefficient (Wildman–Crippen LogP) is 3.23. The second-order valence-corrected chi connectivity index (χ2v) is 3.43. The van der Waals surface area contributed by atoms with E-state index in [0.29, 0.717) is 11.3 Å². The van der Waals surface area contributed by atoms with Gasteiger partial charge in [-0.3, -0.25) is 0 Å². The first-order valence-corrected chi connectivity index (χ1v) is 4.74. The number of alkyl halides is 3. The first-order valence-electron chi connectivity index (χ1n) is 4.74. The molecule has 1 N–H and O–H groups in total. The molecule has 0 fully saturated rings. The number of nitriles is 1. The van der Waals surface area contributed by atoms with E-state index >= 15 is 0 Å².